The number of anilines is 1. The van der Waals surface area contributed by atoms with E-state index in [-0.39, 0.29) is 27.1 Å². The molecule has 0 unspecified atom stereocenters. The van der Waals surface area contributed by atoms with Crippen LogP contribution in [-0.2, 0) is 17.1 Å². The van der Waals surface area contributed by atoms with Crippen LogP contribution in [0.2, 0.25) is 5.02 Å². The summed E-state index contributed by atoms with van der Waals surface area (Å²) in [6.45, 7) is 4.61. The number of carbonyl (C=O) groups is 1. The van der Waals surface area contributed by atoms with Gasteiger partial charge in [0.25, 0.3) is 15.9 Å². The Kier molecular flexibility index (Phi) is 5.22. The van der Waals surface area contributed by atoms with Gasteiger partial charge in [-0.2, -0.15) is 0 Å². The third-order valence-electron chi connectivity index (χ3n) is 4.97. The number of hydrogen-bond donors (Lipinski definition) is 1. The van der Waals surface area contributed by atoms with Crippen LogP contribution in [0.1, 0.15) is 34.6 Å². The van der Waals surface area contributed by atoms with E-state index in [1.807, 2.05) is 0 Å². The SMILES string of the molecule is Cc1c(C(=O)N2CCCC2)c(S(=O)(=O)Nc2ccc(F)c(Cl)c2)c(C)n1C. The second kappa shape index (κ2) is 7.16. The molecule has 1 aliphatic rings. The number of halogens is 2. The van der Waals surface area contributed by atoms with Gasteiger partial charge < -0.3 is 9.47 Å². The number of amides is 1. The Balaban J connectivity index is 2.07. The molecular weight excluding hydrogens is 393 g/mol. The molecule has 1 saturated heterocycles. The number of carbonyl (C=O) groups excluding carboxylic acids is 1. The first-order valence-corrected chi connectivity index (χ1v) is 10.4. The van der Waals surface area contributed by atoms with Crippen LogP contribution in [0.25, 0.3) is 0 Å². The highest BCUT2D eigenvalue weighted by atomic mass is 35.5. The van der Waals surface area contributed by atoms with Gasteiger partial charge in [-0.1, -0.05) is 11.6 Å². The maximum atomic E-state index is 13.4. The molecule has 1 N–H and O–H groups in total. The van der Waals surface area contributed by atoms with E-state index in [1.54, 1.807) is 30.4 Å². The summed E-state index contributed by atoms with van der Waals surface area (Å²) in [5.74, 6) is -0.928. The van der Waals surface area contributed by atoms with Crippen molar-refractivity contribution in [2.75, 3.05) is 17.8 Å². The maximum Gasteiger partial charge on any atom is 0.264 e. The first-order valence-electron chi connectivity index (χ1n) is 8.56. The normalized spacial score (nSPS) is 14.6. The average molecular weight is 414 g/mol. The number of nitrogens with zero attached hydrogens (tertiary/aromatic N) is 2. The molecule has 146 valence electrons. The van der Waals surface area contributed by atoms with Crippen LogP contribution in [0.3, 0.4) is 0 Å². The van der Waals surface area contributed by atoms with E-state index in [1.165, 1.54) is 12.1 Å². The predicted octanol–water partition coefficient (Wildman–Crippen LogP) is 3.47. The van der Waals surface area contributed by atoms with E-state index in [9.17, 15) is 17.6 Å². The highest BCUT2D eigenvalue weighted by Crippen LogP contribution is 2.30. The summed E-state index contributed by atoms with van der Waals surface area (Å²) in [6.07, 6.45) is 1.82. The number of rotatable bonds is 4. The number of sulfonamides is 1. The molecule has 1 fully saturated rings. The van der Waals surface area contributed by atoms with Crippen LogP contribution in [0, 0.1) is 19.7 Å². The Labute approximate surface area is 163 Å². The zero-order valence-electron chi connectivity index (χ0n) is 15.3. The minimum absolute atomic E-state index is 0.0557. The van der Waals surface area contributed by atoms with E-state index in [2.05, 4.69) is 4.72 Å². The quantitative estimate of drug-likeness (QED) is 0.834. The number of aromatic nitrogens is 1. The average Bonchev–Trinajstić information content (AvgIpc) is 3.21. The summed E-state index contributed by atoms with van der Waals surface area (Å²) >= 11 is 5.74. The molecule has 0 bridgehead atoms. The van der Waals surface area contributed by atoms with Crippen molar-refractivity contribution in [1.29, 1.82) is 0 Å². The predicted molar refractivity (Wildman–Crippen MR) is 102 cm³/mol. The van der Waals surface area contributed by atoms with Crippen LogP contribution < -0.4 is 4.72 Å². The van der Waals surface area contributed by atoms with Gasteiger partial charge in [0.2, 0.25) is 0 Å². The molecule has 1 aromatic carbocycles. The van der Waals surface area contributed by atoms with Gasteiger partial charge in [0.1, 0.15) is 10.7 Å². The van der Waals surface area contributed by atoms with E-state index in [0.717, 1.165) is 18.9 Å². The van der Waals surface area contributed by atoms with Crippen molar-refractivity contribution < 1.29 is 17.6 Å². The largest absolute Gasteiger partial charge is 0.350 e. The van der Waals surface area contributed by atoms with Crippen molar-refractivity contribution in [3.05, 3.63) is 46.0 Å². The lowest BCUT2D eigenvalue weighted by molar-refractivity contribution is 0.0788. The molecule has 0 aliphatic carbocycles. The smallest absolute Gasteiger partial charge is 0.264 e. The first kappa shape index (κ1) is 19.7. The molecular formula is C18H21ClFN3O3S. The molecule has 1 amide bonds. The second-order valence-electron chi connectivity index (χ2n) is 6.67. The van der Waals surface area contributed by atoms with E-state index < -0.39 is 15.8 Å². The van der Waals surface area contributed by atoms with Gasteiger partial charge in [-0.15, -0.1) is 0 Å². The summed E-state index contributed by atoms with van der Waals surface area (Å²) in [6, 6.07) is 3.56. The molecule has 0 spiro atoms. The minimum atomic E-state index is -4.08. The molecule has 0 radical (unpaired) electrons. The third-order valence-corrected chi connectivity index (χ3v) is 6.80. The van der Waals surface area contributed by atoms with Crippen LogP contribution >= 0.6 is 11.6 Å². The Morgan fingerprint density at radius 3 is 2.41 bits per heavy atom. The fraction of sp³-hybridized carbons (Fsp3) is 0.389. The Bertz CT molecular complexity index is 1010. The van der Waals surface area contributed by atoms with Gasteiger partial charge in [0.05, 0.1) is 16.3 Å². The lowest BCUT2D eigenvalue weighted by atomic mass is 10.2. The van der Waals surface area contributed by atoms with Crippen molar-refractivity contribution in [2.24, 2.45) is 7.05 Å². The topological polar surface area (TPSA) is 71.4 Å². The number of hydrogen-bond acceptors (Lipinski definition) is 3. The monoisotopic (exact) mass is 413 g/mol. The zero-order valence-corrected chi connectivity index (χ0v) is 16.9. The fourth-order valence-corrected chi connectivity index (χ4v) is 5.09. The molecule has 0 atom stereocenters. The van der Waals surface area contributed by atoms with Crippen molar-refractivity contribution in [3.63, 3.8) is 0 Å². The number of benzene rings is 1. The molecule has 2 aromatic rings. The minimum Gasteiger partial charge on any atom is -0.350 e. The lowest BCUT2D eigenvalue weighted by Crippen LogP contribution is -2.30. The van der Waals surface area contributed by atoms with Gasteiger partial charge in [-0.3, -0.25) is 9.52 Å². The molecule has 1 aromatic heterocycles. The molecule has 3 rings (SSSR count). The zero-order chi connectivity index (χ0) is 19.9. The van der Waals surface area contributed by atoms with Gasteiger partial charge in [-0.05, 0) is 44.9 Å². The van der Waals surface area contributed by atoms with Crippen LogP contribution in [-0.4, -0.2) is 36.9 Å². The van der Waals surface area contributed by atoms with Gasteiger partial charge in [0, 0.05) is 31.5 Å². The van der Waals surface area contributed by atoms with E-state index >= 15 is 0 Å². The van der Waals surface area contributed by atoms with E-state index in [0.29, 0.717) is 24.5 Å². The molecule has 0 saturated carbocycles. The number of likely N-dealkylation sites (tertiary alicyclic amines) is 1. The molecule has 2 heterocycles. The highest BCUT2D eigenvalue weighted by Gasteiger charge is 2.33. The van der Waals surface area contributed by atoms with Crippen LogP contribution in [0.4, 0.5) is 10.1 Å². The molecule has 9 heteroatoms. The lowest BCUT2D eigenvalue weighted by Gasteiger charge is -2.17. The van der Waals surface area contributed by atoms with Crippen molar-refractivity contribution in [3.8, 4) is 0 Å². The number of nitrogens with one attached hydrogen (secondary N) is 1. The first-order chi connectivity index (χ1) is 12.6. The molecule has 6 nitrogen and oxygen atoms in total. The maximum absolute atomic E-state index is 13.4. The molecule has 1 aliphatic heterocycles. The second-order valence-corrected chi connectivity index (χ2v) is 8.69. The van der Waals surface area contributed by atoms with Gasteiger partial charge in [-0.25, -0.2) is 12.8 Å². The van der Waals surface area contributed by atoms with Crippen molar-refractivity contribution >= 4 is 33.2 Å². The van der Waals surface area contributed by atoms with Crippen molar-refractivity contribution in [2.45, 2.75) is 31.6 Å². The fourth-order valence-electron chi connectivity index (χ4n) is 3.34. The molecule has 27 heavy (non-hydrogen) atoms. The van der Waals surface area contributed by atoms with Gasteiger partial charge in [0.15, 0.2) is 0 Å². The standard InChI is InChI=1S/C18H21ClFN3O3S/c1-11-16(18(24)23-8-4-5-9-23)17(12(2)22(11)3)27(25,26)21-13-6-7-15(20)14(19)10-13/h6-7,10,21H,4-5,8-9H2,1-3H3. The highest BCUT2D eigenvalue weighted by molar-refractivity contribution is 7.92. The summed E-state index contributed by atoms with van der Waals surface area (Å²) < 4.78 is 43.6. The van der Waals surface area contributed by atoms with Crippen LogP contribution in [0.5, 0.6) is 0 Å². The third kappa shape index (κ3) is 3.55. The van der Waals surface area contributed by atoms with Crippen LogP contribution in [0.15, 0.2) is 23.1 Å². The van der Waals surface area contributed by atoms with E-state index in [4.69, 9.17) is 11.6 Å². The summed E-state index contributed by atoms with van der Waals surface area (Å²) in [4.78, 5) is 14.6. The Morgan fingerprint density at radius 1 is 1.19 bits per heavy atom. The Hall–Kier alpha value is -2.06. The summed E-state index contributed by atoms with van der Waals surface area (Å²) in [7, 11) is -2.36. The van der Waals surface area contributed by atoms with Crippen molar-refractivity contribution in [1.82, 2.24) is 9.47 Å². The summed E-state index contributed by atoms with van der Waals surface area (Å²) in [5.41, 5.74) is 1.34. The van der Waals surface area contributed by atoms with Gasteiger partial charge >= 0.3 is 0 Å². The summed E-state index contributed by atoms with van der Waals surface area (Å²) in [5, 5.41) is -0.190. The Morgan fingerprint density at radius 2 is 1.81 bits per heavy atom.